The average molecular weight is 254 g/mol. The van der Waals surface area contributed by atoms with Crippen LogP contribution in [0.4, 0.5) is 5.69 Å². The molecule has 0 aliphatic carbocycles. The molecule has 2 N–H and O–H groups in total. The lowest BCUT2D eigenvalue weighted by atomic mass is 10.2. The van der Waals surface area contributed by atoms with E-state index in [0.717, 1.165) is 18.7 Å². The number of thiocarbonyl (C=S) groups is 1. The van der Waals surface area contributed by atoms with Crippen LogP contribution in [0.2, 0.25) is 0 Å². The SMILES string of the molecule is CSCCCNC(=S)Nc1ccc(C)cc1. The highest BCUT2D eigenvalue weighted by molar-refractivity contribution is 7.98. The maximum Gasteiger partial charge on any atom is 0.170 e. The molecule has 0 atom stereocenters. The van der Waals surface area contributed by atoms with Crippen LogP contribution in [0.3, 0.4) is 0 Å². The Morgan fingerprint density at radius 1 is 1.31 bits per heavy atom. The molecule has 0 aliphatic heterocycles. The molecule has 0 saturated carbocycles. The van der Waals surface area contributed by atoms with Crippen molar-refractivity contribution in [2.45, 2.75) is 13.3 Å². The highest BCUT2D eigenvalue weighted by Gasteiger charge is 1.96. The molecule has 0 saturated heterocycles. The Balaban J connectivity index is 2.26. The third-order valence-electron chi connectivity index (χ3n) is 2.12. The van der Waals surface area contributed by atoms with E-state index in [1.165, 1.54) is 11.3 Å². The van der Waals surface area contributed by atoms with Gasteiger partial charge in [-0.2, -0.15) is 11.8 Å². The van der Waals surface area contributed by atoms with E-state index in [9.17, 15) is 0 Å². The monoisotopic (exact) mass is 254 g/mol. The zero-order valence-electron chi connectivity index (χ0n) is 9.75. The minimum atomic E-state index is 0.699. The van der Waals surface area contributed by atoms with E-state index in [4.69, 9.17) is 12.2 Å². The predicted octanol–water partition coefficient (Wildman–Crippen LogP) is 3.03. The van der Waals surface area contributed by atoms with Crippen LogP contribution in [-0.4, -0.2) is 23.7 Å². The number of anilines is 1. The molecule has 16 heavy (non-hydrogen) atoms. The van der Waals surface area contributed by atoms with E-state index in [1.54, 1.807) is 0 Å². The van der Waals surface area contributed by atoms with Gasteiger partial charge in [0.05, 0.1) is 0 Å². The fraction of sp³-hybridized carbons (Fsp3) is 0.417. The summed E-state index contributed by atoms with van der Waals surface area (Å²) in [6.45, 7) is 3.00. The van der Waals surface area contributed by atoms with Crippen molar-refractivity contribution in [3.63, 3.8) is 0 Å². The quantitative estimate of drug-likeness (QED) is 0.623. The van der Waals surface area contributed by atoms with E-state index in [0.29, 0.717) is 5.11 Å². The first-order chi connectivity index (χ1) is 7.72. The molecule has 0 unspecified atom stereocenters. The van der Waals surface area contributed by atoms with Crippen LogP contribution < -0.4 is 10.6 Å². The van der Waals surface area contributed by atoms with Crippen molar-refractivity contribution in [3.8, 4) is 0 Å². The van der Waals surface area contributed by atoms with Crippen LogP contribution in [0, 0.1) is 6.92 Å². The molecule has 0 radical (unpaired) electrons. The van der Waals surface area contributed by atoms with Crippen molar-refractivity contribution >= 4 is 34.8 Å². The van der Waals surface area contributed by atoms with Gasteiger partial charge >= 0.3 is 0 Å². The van der Waals surface area contributed by atoms with Gasteiger partial charge in [-0.15, -0.1) is 0 Å². The second-order valence-electron chi connectivity index (χ2n) is 3.59. The van der Waals surface area contributed by atoms with Crippen LogP contribution in [0.5, 0.6) is 0 Å². The molecule has 0 bridgehead atoms. The van der Waals surface area contributed by atoms with E-state index < -0.39 is 0 Å². The Bertz CT molecular complexity index is 322. The predicted molar refractivity (Wildman–Crippen MR) is 78.4 cm³/mol. The summed E-state index contributed by atoms with van der Waals surface area (Å²) in [5.41, 5.74) is 2.29. The van der Waals surface area contributed by atoms with Crippen molar-refractivity contribution in [3.05, 3.63) is 29.8 Å². The van der Waals surface area contributed by atoms with Crippen molar-refractivity contribution in [2.24, 2.45) is 0 Å². The summed E-state index contributed by atoms with van der Waals surface area (Å²) in [4.78, 5) is 0. The Morgan fingerprint density at radius 2 is 2.00 bits per heavy atom. The molecule has 0 amide bonds. The van der Waals surface area contributed by atoms with Gasteiger partial charge in [-0.05, 0) is 49.7 Å². The van der Waals surface area contributed by atoms with Gasteiger partial charge in [0.15, 0.2) is 5.11 Å². The third kappa shape index (κ3) is 5.37. The molecule has 88 valence electrons. The molecule has 2 nitrogen and oxygen atoms in total. The standard InChI is InChI=1S/C12H18N2S2/c1-10-4-6-11(7-5-10)14-12(15)13-8-3-9-16-2/h4-7H,3,8-9H2,1-2H3,(H2,13,14,15). The number of thioether (sulfide) groups is 1. The smallest absolute Gasteiger partial charge is 0.170 e. The first-order valence-electron chi connectivity index (χ1n) is 5.33. The van der Waals surface area contributed by atoms with Crippen LogP contribution in [0.1, 0.15) is 12.0 Å². The van der Waals surface area contributed by atoms with Crippen molar-refractivity contribution in [1.82, 2.24) is 5.32 Å². The summed E-state index contributed by atoms with van der Waals surface area (Å²) in [6, 6.07) is 8.20. The van der Waals surface area contributed by atoms with E-state index in [-0.39, 0.29) is 0 Å². The first-order valence-corrected chi connectivity index (χ1v) is 7.13. The fourth-order valence-corrected chi connectivity index (χ4v) is 1.88. The van der Waals surface area contributed by atoms with Crippen LogP contribution in [0.15, 0.2) is 24.3 Å². The van der Waals surface area contributed by atoms with E-state index >= 15 is 0 Å². The highest BCUT2D eigenvalue weighted by atomic mass is 32.2. The van der Waals surface area contributed by atoms with Gasteiger partial charge in [0.1, 0.15) is 0 Å². The molecule has 1 aromatic rings. The highest BCUT2D eigenvalue weighted by Crippen LogP contribution is 2.08. The van der Waals surface area contributed by atoms with E-state index in [1.807, 2.05) is 23.9 Å². The Morgan fingerprint density at radius 3 is 2.62 bits per heavy atom. The molecule has 0 fully saturated rings. The van der Waals surface area contributed by atoms with E-state index in [2.05, 4.69) is 35.9 Å². The lowest BCUT2D eigenvalue weighted by Gasteiger charge is -2.10. The molecule has 4 heteroatoms. The number of hydrogen-bond acceptors (Lipinski definition) is 2. The lowest BCUT2D eigenvalue weighted by molar-refractivity contribution is 0.855. The van der Waals surface area contributed by atoms with Gasteiger partial charge in [-0.1, -0.05) is 17.7 Å². The summed E-state index contributed by atoms with van der Waals surface area (Å²) in [7, 11) is 0. The molecule has 1 aromatic carbocycles. The largest absolute Gasteiger partial charge is 0.362 e. The number of aryl methyl sites for hydroxylation is 1. The summed E-state index contributed by atoms with van der Waals surface area (Å²) >= 11 is 7.04. The molecule has 0 spiro atoms. The van der Waals surface area contributed by atoms with Crippen molar-refractivity contribution < 1.29 is 0 Å². The van der Waals surface area contributed by atoms with Crippen molar-refractivity contribution in [2.75, 3.05) is 23.9 Å². The first kappa shape index (κ1) is 13.3. The van der Waals surface area contributed by atoms with Crippen molar-refractivity contribution in [1.29, 1.82) is 0 Å². The normalized spacial score (nSPS) is 9.88. The maximum atomic E-state index is 5.19. The molecule has 1 rings (SSSR count). The number of benzene rings is 1. The van der Waals surface area contributed by atoms with Crippen LogP contribution in [-0.2, 0) is 0 Å². The Hall–Kier alpha value is -0.740. The minimum Gasteiger partial charge on any atom is -0.362 e. The average Bonchev–Trinajstić information content (AvgIpc) is 2.28. The summed E-state index contributed by atoms with van der Waals surface area (Å²) in [6.07, 6.45) is 3.25. The topological polar surface area (TPSA) is 24.1 Å². The zero-order chi connectivity index (χ0) is 11.8. The number of hydrogen-bond donors (Lipinski definition) is 2. The maximum absolute atomic E-state index is 5.19. The van der Waals surface area contributed by atoms with Gasteiger partial charge in [-0.25, -0.2) is 0 Å². The van der Waals surface area contributed by atoms with Crippen LogP contribution >= 0.6 is 24.0 Å². The molecule has 0 heterocycles. The summed E-state index contributed by atoms with van der Waals surface area (Å²) in [5, 5.41) is 7.05. The van der Waals surface area contributed by atoms with Gasteiger partial charge < -0.3 is 10.6 Å². The summed E-state index contributed by atoms with van der Waals surface area (Å²) < 4.78 is 0. The zero-order valence-corrected chi connectivity index (χ0v) is 11.4. The number of nitrogens with one attached hydrogen (secondary N) is 2. The van der Waals surface area contributed by atoms with Gasteiger partial charge in [0.2, 0.25) is 0 Å². The van der Waals surface area contributed by atoms with Crippen LogP contribution in [0.25, 0.3) is 0 Å². The Kier molecular flexibility index (Phi) is 6.26. The van der Waals surface area contributed by atoms with Gasteiger partial charge in [-0.3, -0.25) is 0 Å². The third-order valence-corrected chi connectivity index (χ3v) is 3.06. The molecular weight excluding hydrogens is 236 g/mol. The molecular formula is C12H18N2S2. The molecule has 0 aliphatic rings. The lowest BCUT2D eigenvalue weighted by Crippen LogP contribution is -2.29. The summed E-state index contributed by atoms with van der Waals surface area (Å²) in [5.74, 6) is 1.17. The second kappa shape index (κ2) is 7.52. The second-order valence-corrected chi connectivity index (χ2v) is 4.99. The fourth-order valence-electron chi connectivity index (χ4n) is 1.23. The van der Waals surface area contributed by atoms with Gasteiger partial charge in [0.25, 0.3) is 0 Å². The number of rotatable bonds is 5. The molecule has 0 aromatic heterocycles. The van der Waals surface area contributed by atoms with Gasteiger partial charge in [0, 0.05) is 12.2 Å². The Labute approximate surface area is 107 Å². The minimum absolute atomic E-state index is 0.699.